The van der Waals surface area contributed by atoms with E-state index in [1.54, 1.807) is 0 Å². The summed E-state index contributed by atoms with van der Waals surface area (Å²) in [4.78, 5) is 19.6. The highest BCUT2D eigenvalue weighted by Gasteiger charge is 1.94. The molecule has 0 saturated carbocycles. The van der Waals surface area contributed by atoms with Gasteiger partial charge in [-0.15, -0.1) is 0 Å². The molecule has 0 unspecified atom stereocenters. The maximum absolute atomic E-state index is 9.79. The highest BCUT2D eigenvalue weighted by atomic mass is 27.0. The van der Waals surface area contributed by atoms with Crippen molar-refractivity contribution in [3.8, 4) is 0 Å². The second kappa shape index (κ2) is 4.04. The Morgan fingerprint density at radius 1 is 1.00 bits per heavy atom. The molecule has 0 heterocycles. The van der Waals surface area contributed by atoms with Gasteiger partial charge >= 0.3 is 0 Å². The molecule has 0 amide bonds. The molecule has 0 atom stereocenters. The standard InChI is InChI=1S/C4H6O2.Al.3H/c1-3(5)4(2)6;;;;/h1-2H3;;;;. The molecule has 0 aliphatic carbocycles. The third-order valence-corrected chi connectivity index (χ3v) is 0.496. The number of ketones is 2. The summed E-state index contributed by atoms with van der Waals surface area (Å²) in [5.41, 5.74) is 0. The van der Waals surface area contributed by atoms with Crippen LogP contribution in [0.3, 0.4) is 0 Å². The molecule has 0 spiro atoms. The fraction of sp³-hybridized carbons (Fsp3) is 0.500. The molecule has 0 radical (unpaired) electrons. The predicted octanol–water partition coefficient (Wildman–Crippen LogP) is -1.02. The Bertz CT molecular complexity index is 75.7. The summed E-state index contributed by atoms with van der Waals surface area (Å²) in [5.74, 6) is -0.759. The molecule has 40 valence electrons. The average Bonchev–Trinajstić information content (AvgIpc) is 1.36. The van der Waals surface area contributed by atoms with Crippen LogP contribution in [0.25, 0.3) is 0 Å². The third kappa shape index (κ3) is 5.87. The summed E-state index contributed by atoms with van der Waals surface area (Å²) in [6.45, 7) is 2.50. The van der Waals surface area contributed by atoms with Crippen molar-refractivity contribution >= 4 is 28.9 Å². The Morgan fingerprint density at radius 3 is 1.14 bits per heavy atom. The highest BCUT2D eigenvalue weighted by molar-refractivity contribution is 6.35. The molecule has 7 heavy (non-hydrogen) atoms. The van der Waals surface area contributed by atoms with E-state index < -0.39 is 0 Å². The first kappa shape index (κ1) is 9.98. The van der Waals surface area contributed by atoms with E-state index in [0.29, 0.717) is 0 Å². The zero-order valence-electron chi connectivity index (χ0n) is 3.82. The van der Waals surface area contributed by atoms with Gasteiger partial charge in [0, 0.05) is 13.8 Å². The topological polar surface area (TPSA) is 34.1 Å². The normalized spacial score (nSPS) is 6.57. The molecule has 0 N–H and O–H groups in total. The van der Waals surface area contributed by atoms with Crippen molar-refractivity contribution in [1.29, 1.82) is 0 Å². The minimum atomic E-state index is -0.380. The van der Waals surface area contributed by atoms with Gasteiger partial charge in [0.1, 0.15) is 0 Å². The van der Waals surface area contributed by atoms with Gasteiger partial charge in [0.2, 0.25) is 0 Å². The first-order chi connectivity index (χ1) is 2.64. The van der Waals surface area contributed by atoms with Crippen LogP contribution < -0.4 is 0 Å². The third-order valence-electron chi connectivity index (χ3n) is 0.496. The molecule has 0 aromatic heterocycles. The lowest BCUT2D eigenvalue weighted by Gasteiger charge is -1.73. The number of carbonyl (C=O) groups is 2. The molecular weight excluding hydrogens is 107 g/mol. The Kier molecular flexibility index (Phi) is 5.77. The van der Waals surface area contributed by atoms with Crippen LogP contribution in [-0.4, -0.2) is 28.9 Å². The van der Waals surface area contributed by atoms with Gasteiger partial charge < -0.3 is 0 Å². The lowest BCUT2D eigenvalue weighted by molar-refractivity contribution is -0.134. The Morgan fingerprint density at radius 2 is 1.14 bits per heavy atom. The first-order valence-corrected chi connectivity index (χ1v) is 1.66. The van der Waals surface area contributed by atoms with Gasteiger partial charge in [0.15, 0.2) is 28.9 Å². The number of rotatable bonds is 1. The summed E-state index contributed by atoms with van der Waals surface area (Å²) in [7, 11) is 0. The van der Waals surface area contributed by atoms with Crippen LogP contribution in [0.4, 0.5) is 0 Å². The van der Waals surface area contributed by atoms with E-state index in [1.165, 1.54) is 13.8 Å². The van der Waals surface area contributed by atoms with E-state index in [1.807, 2.05) is 0 Å². The highest BCUT2D eigenvalue weighted by Crippen LogP contribution is 1.66. The number of hydrogen-bond acceptors (Lipinski definition) is 2. The van der Waals surface area contributed by atoms with Crippen LogP contribution in [0.5, 0.6) is 0 Å². The minimum Gasteiger partial charge on any atom is -0.291 e. The Labute approximate surface area is 53.0 Å². The van der Waals surface area contributed by atoms with Crippen molar-refractivity contribution in [3.05, 3.63) is 0 Å². The Hall–Kier alpha value is -0.128. The van der Waals surface area contributed by atoms with Gasteiger partial charge in [-0.25, -0.2) is 0 Å². The summed E-state index contributed by atoms with van der Waals surface area (Å²) < 4.78 is 0. The largest absolute Gasteiger partial charge is 0.291 e. The Balaban J connectivity index is 0. The second-order valence-electron chi connectivity index (χ2n) is 1.11. The van der Waals surface area contributed by atoms with E-state index in [9.17, 15) is 9.59 Å². The van der Waals surface area contributed by atoms with Gasteiger partial charge in [-0.3, -0.25) is 9.59 Å². The molecule has 0 aliphatic rings. The van der Waals surface area contributed by atoms with Crippen molar-refractivity contribution in [2.75, 3.05) is 0 Å². The zero-order chi connectivity index (χ0) is 5.15. The van der Waals surface area contributed by atoms with Crippen molar-refractivity contribution in [1.82, 2.24) is 0 Å². The second-order valence-corrected chi connectivity index (χ2v) is 1.11. The van der Waals surface area contributed by atoms with Crippen LogP contribution in [0.1, 0.15) is 13.8 Å². The lowest BCUT2D eigenvalue weighted by atomic mass is 10.3. The molecule has 0 aromatic rings. The monoisotopic (exact) mass is 116 g/mol. The van der Waals surface area contributed by atoms with E-state index >= 15 is 0 Å². The van der Waals surface area contributed by atoms with Gasteiger partial charge in [-0.05, 0) is 0 Å². The van der Waals surface area contributed by atoms with E-state index in [-0.39, 0.29) is 28.9 Å². The molecule has 0 rings (SSSR count). The summed E-state index contributed by atoms with van der Waals surface area (Å²) >= 11 is 0. The van der Waals surface area contributed by atoms with Crippen molar-refractivity contribution < 1.29 is 9.59 Å². The summed E-state index contributed by atoms with van der Waals surface area (Å²) in [5, 5.41) is 0. The van der Waals surface area contributed by atoms with Gasteiger partial charge in [0.25, 0.3) is 0 Å². The summed E-state index contributed by atoms with van der Waals surface area (Å²) in [6.07, 6.45) is 0. The molecule has 0 bridgehead atoms. The van der Waals surface area contributed by atoms with E-state index in [2.05, 4.69) is 0 Å². The fourth-order valence-electron chi connectivity index (χ4n) is 0. The number of hydrogen-bond donors (Lipinski definition) is 0. The number of carbonyl (C=O) groups excluding carboxylic acids is 2. The number of Topliss-reactive ketones (excluding diaryl/α,β-unsaturated/α-hetero) is 2. The zero-order valence-corrected chi connectivity index (χ0v) is 3.82. The summed E-state index contributed by atoms with van der Waals surface area (Å²) in [6, 6.07) is 0. The minimum absolute atomic E-state index is 0. The average molecular weight is 116 g/mol. The van der Waals surface area contributed by atoms with Crippen molar-refractivity contribution in [3.63, 3.8) is 0 Å². The molecule has 2 nitrogen and oxygen atoms in total. The van der Waals surface area contributed by atoms with Crippen LogP contribution in [0.2, 0.25) is 0 Å². The van der Waals surface area contributed by atoms with Crippen LogP contribution in [0.15, 0.2) is 0 Å². The SMILES string of the molecule is CC(=O)C(C)=O.[AlH3]. The lowest BCUT2D eigenvalue weighted by Crippen LogP contribution is -2.01. The van der Waals surface area contributed by atoms with Crippen molar-refractivity contribution in [2.24, 2.45) is 0 Å². The van der Waals surface area contributed by atoms with Crippen LogP contribution >= 0.6 is 0 Å². The maximum Gasteiger partial charge on any atom is 0.195 e. The molecule has 3 heteroatoms. The van der Waals surface area contributed by atoms with Crippen LogP contribution in [-0.2, 0) is 9.59 Å². The van der Waals surface area contributed by atoms with Crippen LogP contribution in [0, 0.1) is 0 Å². The van der Waals surface area contributed by atoms with Crippen molar-refractivity contribution in [2.45, 2.75) is 13.8 Å². The predicted molar refractivity (Wildman–Crippen MR) is 31.3 cm³/mol. The molecule has 0 aromatic carbocycles. The fourth-order valence-corrected chi connectivity index (χ4v) is 0. The van der Waals surface area contributed by atoms with Gasteiger partial charge in [-0.2, -0.15) is 0 Å². The van der Waals surface area contributed by atoms with E-state index in [4.69, 9.17) is 0 Å². The van der Waals surface area contributed by atoms with Gasteiger partial charge in [-0.1, -0.05) is 0 Å². The van der Waals surface area contributed by atoms with E-state index in [0.717, 1.165) is 0 Å². The quantitative estimate of drug-likeness (QED) is 0.324. The smallest absolute Gasteiger partial charge is 0.195 e. The molecule has 0 aliphatic heterocycles. The van der Waals surface area contributed by atoms with Gasteiger partial charge in [0.05, 0.1) is 0 Å². The molecule has 0 fully saturated rings. The maximum atomic E-state index is 9.79. The molecule has 0 saturated heterocycles. The first-order valence-electron chi connectivity index (χ1n) is 1.66. The molecular formula is C4H9AlO2.